The van der Waals surface area contributed by atoms with Crippen LogP contribution in [0.2, 0.25) is 0 Å². The van der Waals surface area contributed by atoms with Crippen molar-refractivity contribution < 1.29 is 42.9 Å². The number of nitrogens with zero attached hydrogens (tertiary/aromatic N) is 1. The number of hydrogen-bond acceptors (Lipinski definition) is 10. The summed E-state index contributed by atoms with van der Waals surface area (Å²) in [5.74, 6) is 4.83. The molecule has 0 aromatic heterocycles. The van der Waals surface area contributed by atoms with E-state index in [0.29, 0.717) is 61.8 Å². The van der Waals surface area contributed by atoms with Gasteiger partial charge in [0, 0.05) is 54.5 Å². The molecule has 14 heteroatoms. The number of aryl methyl sites for hydroxylation is 2. The van der Waals surface area contributed by atoms with Gasteiger partial charge in [0.2, 0.25) is 5.72 Å². The third kappa shape index (κ3) is 12.6. The van der Waals surface area contributed by atoms with E-state index in [9.17, 15) is 33.4 Å². The van der Waals surface area contributed by atoms with Gasteiger partial charge in [-0.05, 0) is 229 Å². The maximum Gasteiger partial charge on any atom is 0.268 e. The number of ether oxygens (including phenoxy) is 2. The molecule has 13 nitrogen and oxygen atoms in total. The van der Waals surface area contributed by atoms with E-state index in [-0.39, 0.29) is 72.8 Å². The molecule has 15 atom stereocenters. The first-order valence-electron chi connectivity index (χ1n) is 33.9. The van der Waals surface area contributed by atoms with E-state index in [4.69, 9.17) is 25.9 Å². The van der Waals surface area contributed by atoms with Crippen LogP contribution in [0.5, 0.6) is 11.5 Å². The van der Waals surface area contributed by atoms with E-state index < -0.39 is 56.7 Å². The second-order valence-corrected chi connectivity index (χ2v) is 30.2. The number of phenols is 1. The number of allylic oxidation sites excluding steroid dienone is 1. The molecule has 9 aliphatic rings. The molecular weight excluding hydrogens is 1180 g/mol. The number of benzene rings is 7. The molecule has 4 aliphatic carbocycles. The summed E-state index contributed by atoms with van der Waals surface area (Å²) in [5.41, 5.74) is 23.2. The number of aliphatic hydroxyl groups excluding tert-OH is 2. The van der Waals surface area contributed by atoms with Crippen molar-refractivity contribution in [1.82, 2.24) is 5.32 Å². The Morgan fingerprint density at radius 3 is 2.39 bits per heavy atom. The minimum atomic E-state index is -4.72. The molecule has 7 aromatic carbocycles. The van der Waals surface area contributed by atoms with Gasteiger partial charge in [-0.1, -0.05) is 140 Å². The second-order valence-electron chi connectivity index (χ2n) is 28.5. The van der Waals surface area contributed by atoms with Crippen molar-refractivity contribution in [2.75, 3.05) is 13.7 Å². The van der Waals surface area contributed by atoms with Gasteiger partial charge in [0.15, 0.2) is 5.96 Å². The normalized spacial score (nSPS) is 29.5. The molecule has 93 heavy (non-hydrogen) atoms. The van der Waals surface area contributed by atoms with Gasteiger partial charge in [0.05, 0.1) is 23.1 Å². The zero-order chi connectivity index (χ0) is 64.3. The van der Waals surface area contributed by atoms with E-state index in [1.165, 1.54) is 27.5 Å². The molecule has 7 aromatic rings. The summed E-state index contributed by atoms with van der Waals surface area (Å²) >= 11 is 0. The van der Waals surface area contributed by atoms with Crippen LogP contribution in [0, 0.1) is 41.4 Å². The predicted octanol–water partition coefficient (Wildman–Crippen LogP) is 13.1. The van der Waals surface area contributed by atoms with Gasteiger partial charge in [-0.2, -0.15) is 8.42 Å². The highest BCUT2D eigenvalue weighted by molar-refractivity contribution is 7.86. The molecule has 1 saturated heterocycles. The fraction of sp³-hybridized carbons (Fsp3) is 0.430. The summed E-state index contributed by atoms with van der Waals surface area (Å²) < 4.78 is 55.7. The van der Waals surface area contributed by atoms with Gasteiger partial charge in [-0.3, -0.25) is 4.55 Å². The summed E-state index contributed by atoms with van der Waals surface area (Å²) in [6.07, 6.45) is 9.28. The van der Waals surface area contributed by atoms with Crippen LogP contribution >= 0.6 is 0 Å². The smallest absolute Gasteiger partial charge is 0.268 e. The van der Waals surface area contributed by atoms with E-state index in [1.54, 1.807) is 12.1 Å². The highest BCUT2D eigenvalue weighted by atomic mass is 32.2. The lowest BCUT2D eigenvalue weighted by molar-refractivity contribution is -0.0834. The van der Waals surface area contributed by atoms with Crippen LogP contribution < -0.4 is 21.5 Å². The molecule has 1 saturated carbocycles. The van der Waals surface area contributed by atoms with Gasteiger partial charge < -0.3 is 46.7 Å². The highest BCUT2D eigenvalue weighted by Crippen LogP contribution is 2.56. The Hall–Kier alpha value is -7.32. The predicted molar refractivity (Wildman–Crippen MR) is 364 cm³/mol. The molecular formula is C79H88N4O9S. The van der Waals surface area contributed by atoms with Crippen LogP contribution in [0.15, 0.2) is 162 Å². The Morgan fingerprint density at radius 1 is 0.828 bits per heavy atom. The average molecular weight is 1270 g/mol. The van der Waals surface area contributed by atoms with E-state index >= 15 is 0 Å². The van der Waals surface area contributed by atoms with Gasteiger partial charge in [0.1, 0.15) is 17.6 Å². The van der Waals surface area contributed by atoms with Crippen LogP contribution in [0.25, 0.3) is 10.8 Å². The number of aliphatic hydroxyl groups is 3. The van der Waals surface area contributed by atoms with Crippen molar-refractivity contribution >= 4 is 26.9 Å². The van der Waals surface area contributed by atoms with Crippen LogP contribution in [-0.2, 0) is 46.4 Å². The van der Waals surface area contributed by atoms with Gasteiger partial charge in [0.25, 0.3) is 10.1 Å². The summed E-state index contributed by atoms with van der Waals surface area (Å²) in [6, 6.07) is 49.2. The topological polar surface area (TPSA) is 230 Å². The van der Waals surface area contributed by atoms with Gasteiger partial charge in [-0.25, -0.2) is 4.99 Å². The molecule has 5 heterocycles. The summed E-state index contributed by atoms with van der Waals surface area (Å²) in [6.45, 7) is 2.84. The number of aromatic hydroxyl groups is 1. The quantitative estimate of drug-likeness (QED) is 0.0177. The maximum absolute atomic E-state index is 14.6. The number of nitrogens with one attached hydrogen (secondary N) is 1. The molecule has 10 bridgehead atoms. The van der Waals surface area contributed by atoms with E-state index in [1.807, 2.05) is 49.5 Å². The number of hydrogen-bond donors (Lipinski definition) is 8. The van der Waals surface area contributed by atoms with E-state index in [2.05, 4.69) is 121 Å². The fourth-order valence-corrected chi connectivity index (χ4v) is 19.3. The van der Waals surface area contributed by atoms with Crippen molar-refractivity contribution in [2.24, 2.45) is 46.0 Å². The Morgan fingerprint density at radius 2 is 1.61 bits per heavy atom. The Labute approximate surface area is 547 Å². The Kier molecular flexibility index (Phi) is 17.5. The second kappa shape index (κ2) is 25.8. The van der Waals surface area contributed by atoms with Gasteiger partial charge in [-0.15, -0.1) is 0 Å². The van der Waals surface area contributed by atoms with Crippen molar-refractivity contribution in [3.63, 3.8) is 0 Å². The standard InChI is InChI=1S/C79H88N4O9S/c1-47-16-17-56-39-64-28-31-66(56)69(47)42-72(93(88,89)90)71-41-60-37-59(40-65-35-49(46-84)11-6-13-55-38-63(85)27-30-67(55)76(60)91-65)74(71)53-22-25-61(26-23-53)79(92-64,83-77(80)81)44-62(34-48-9-4-3-5-10-48)78(87)32-8-15-58(43-78)51-18-20-54(21-19-51)75(86)68-29-24-52-12-7-14-57-33-50(45-82-2)36-70(68)73(52)57/h3-5,7,9-10,12,14,18-23,25-28,30-31,33,36,38-39,41,47,49,58-59,62,65,68-69,71-72,74-76,82,84-87H,8,11,15-17,24,29,32,34-35,37,40,42-46H2,1-2H3,(H4,80,81,83)(H,88,89,90)/t47-,49+,58-,59-,62-,65-,68+,69+,71-,72-,74+,75-,76-,78-,79-/m1/s1. The third-order valence-corrected chi connectivity index (χ3v) is 24.0. The molecule has 0 radical (unpaired) electrons. The van der Waals surface area contributed by atoms with Crippen LogP contribution in [-0.4, -0.2) is 70.0 Å². The highest BCUT2D eigenvalue weighted by Gasteiger charge is 2.51. The number of fused-ring (bicyclic) bond motifs is 8. The number of nitrogens with two attached hydrogens (primary N) is 2. The van der Waals surface area contributed by atoms with Crippen molar-refractivity contribution in [1.29, 1.82) is 0 Å². The Balaban J connectivity index is 0.854. The molecule has 2 fully saturated rings. The number of rotatable bonds is 13. The van der Waals surface area contributed by atoms with Crippen LogP contribution in [0.3, 0.4) is 0 Å². The number of aliphatic imine (C=N–C) groups is 1. The average Bonchev–Trinajstić information content (AvgIpc) is 1.75. The molecule has 0 unspecified atom stereocenters. The fourth-order valence-electron chi connectivity index (χ4n) is 18.2. The lowest BCUT2D eigenvalue weighted by atomic mass is 9.64. The molecule has 0 spiro atoms. The van der Waals surface area contributed by atoms with Crippen molar-refractivity contribution in [3.8, 4) is 23.3 Å². The van der Waals surface area contributed by atoms with Crippen LogP contribution in [0.4, 0.5) is 0 Å². The largest absolute Gasteiger partial charge is 0.508 e. The summed E-state index contributed by atoms with van der Waals surface area (Å²) in [5, 5.41) is 52.3. The number of guanidine groups is 1. The van der Waals surface area contributed by atoms with E-state index in [0.717, 1.165) is 89.6 Å². The summed E-state index contributed by atoms with van der Waals surface area (Å²) in [4.78, 5) is 5.21. The third-order valence-electron chi connectivity index (χ3n) is 22.7. The minimum absolute atomic E-state index is 0.00266. The maximum atomic E-state index is 14.6. The molecule has 16 rings (SSSR count). The zero-order valence-corrected chi connectivity index (χ0v) is 54.2. The lowest BCUT2D eigenvalue weighted by Crippen LogP contribution is -2.48. The monoisotopic (exact) mass is 1270 g/mol. The first-order valence-corrected chi connectivity index (χ1v) is 35.4. The summed E-state index contributed by atoms with van der Waals surface area (Å²) in [7, 11) is -2.76. The Bertz CT molecular complexity index is 4160. The molecule has 484 valence electrons. The van der Waals surface area contributed by atoms with Crippen molar-refractivity contribution in [3.05, 3.63) is 224 Å². The minimum Gasteiger partial charge on any atom is -0.508 e. The first kappa shape index (κ1) is 63.1. The van der Waals surface area contributed by atoms with Crippen LogP contribution in [0.1, 0.15) is 187 Å². The molecule has 5 aliphatic heterocycles. The number of phenolic OH excluding ortho intramolecular Hbond substituents is 1. The van der Waals surface area contributed by atoms with Gasteiger partial charge >= 0.3 is 0 Å². The SMILES string of the molecule is CNCc1cc2c3c(cccc3c1)CC[C@@H]2[C@H](O)c1ccc([C@@H]2CCC[C@](O)([C@H](Cc3ccccc3)C[C@@]3(N=C(N)N)Oc4ccc5c(c4)CC[C@@H](C)[C@@H]5C[C@@H](S(=O)(=O)O)[C@H]4C=C5C[C@H](C[C@H]6C[C@@H](CO)CC#Cc7cc(O)ccc7[C@@H]5O6)[C@@H]4c4ccc3cc4)C2)cc1. The van der Waals surface area contributed by atoms with Crippen molar-refractivity contribution in [2.45, 2.75) is 168 Å². The molecule has 10 N–H and O–H groups in total. The molecule has 0 amide bonds. The first-order chi connectivity index (χ1) is 44.9. The zero-order valence-electron chi connectivity index (χ0n) is 53.3. The lowest BCUT2D eigenvalue weighted by Gasteiger charge is -2.46.